The molecule has 5 heteroatoms. The molecule has 0 radical (unpaired) electrons. The van der Waals surface area contributed by atoms with Gasteiger partial charge < -0.3 is 16.0 Å². The van der Waals surface area contributed by atoms with Crippen LogP contribution in [0.3, 0.4) is 0 Å². The summed E-state index contributed by atoms with van der Waals surface area (Å²) in [4.78, 5) is 11.1. The summed E-state index contributed by atoms with van der Waals surface area (Å²) >= 11 is 0. The van der Waals surface area contributed by atoms with Gasteiger partial charge in [-0.25, -0.2) is 9.97 Å². The fourth-order valence-electron chi connectivity index (χ4n) is 1.36. The van der Waals surface area contributed by atoms with Crippen molar-refractivity contribution in [3.63, 3.8) is 0 Å². The van der Waals surface area contributed by atoms with Gasteiger partial charge in [0.1, 0.15) is 5.82 Å². The number of imidazole rings is 1. The van der Waals surface area contributed by atoms with E-state index in [1.54, 1.807) is 12.4 Å². The number of rotatable bonds is 3. The van der Waals surface area contributed by atoms with Gasteiger partial charge in [-0.3, -0.25) is 0 Å². The second-order valence-corrected chi connectivity index (χ2v) is 3.14. The summed E-state index contributed by atoms with van der Waals surface area (Å²) in [7, 11) is 0. The maximum absolute atomic E-state index is 5.51. The fourth-order valence-corrected chi connectivity index (χ4v) is 1.36. The van der Waals surface area contributed by atoms with E-state index < -0.39 is 0 Å². The smallest absolute Gasteiger partial charge is 0.197 e. The first-order chi connectivity index (χ1) is 7.29. The molecule has 0 aliphatic carbocycles. The average Bonchev–Trinajstić information content (AvgIpc) is 2.66. The lowest BCUT2D eigenvalue weighted by Crippen LogP contribution is -1.98. The molecule has 2 aromatic rings. The van der Waals surface area contributed by atoms with Gasteiger partial charge in [0.25, 0.3) is 0 Å². The summed E-state index contributed by atoms with van der Waals surface area (Å²) in [6.07, 6.45) is 3.46. The molecule has 0 bridgehead atoms. The summed E-state index contributed by atoms with van der Waals surface area (Å²) < 4.78 is 0. The average molecular weight is 203 g/mol. The van der Waals surface area contributed by atoms with Gasteiger partial charge in [-0.05, 0) is 19.1 Å². The number of anilines is 2. The topological polar surface area (TPSA) is 79.6 Å². The summed E-state index contributed by atoms with van der Waals surface area (Å²) in [5, 5.41) is 3.15. The van der Waals surface area contributed by atoms with Crippen LogP contribution in [0, 0.1) is 0 Å². The van der Waals surface area contributed by atoms with E-state index in [0.717, 1.165) is 23.6 Å². The molecule has 2 rings (SSSR count). The molecule has 0 saturated heterocycles. The van der Waals surface area contributed by atoms with E-state index in [1.165, 1.54) is 0 Å². The number of nitrogens with two attached hydrogens (primary N) is 1. The van der Waals surface area contributed by atoms with Crippen LogP contribution >= 0.6 is 0 Å². The van der Waals surface area contributed by atoms with Crippen LogP contribution in [0.25, 0.3) is 11.3 Å². The van der Waals surface area contributed by atoms with Gasteiger partial charge >= 0.3 is 0 Å². The number of nitrogen functional groups attached to an aromatic ring is 1. The molecule has 2 heterocycles. The Morgan fingerprint density at radius 2 is 2.33 bits per heavy atom. The molecule has 0 saturated carbocycles. The predicted molar refractivity (Wildman–Crippen MR) is 60.4 cm³/mol. The molecule has 0 amide bonds. The van der Waals surface area contributed by atoms with Gasteiger partial charge in [0, 0.05) is 18.3 Å². The van der Waals surface area contributed by atoms with E-state index in [-0.39, 0.29) is 0 Å². The number of aromatic nitrogens is 3. The third kappa shape index (κ3) is 2.07. The van der Waals surface area contributed by atoms with Crippen molar-refractivity contribution >= 4 is 11.8 Å². The number of nitrogens with one attached hydrogen (secondary N) is 2. The van der Waals surface area contributed by atoms with Crippen molar-refractivity contribution in [2.45, 2.75) is 6.92 Å². The van der Waals surface area contributed by atoms with Crippen LogP contribution in [0.1, 0.15) is 6.92 Å². The summed E-state index contributed by atoms with van der Waals surface area (Å²) in [5.74, 6) is 1.27. The summed E-state index contributed by atoms with van der Waals surface area (Å²) in [6, 6.07) is 3.87. The molecule has 5 nitrogen and oxygen atoms in total. The van der Waals surface area contributed by atoms with Crippen LogP contribution in [0.2, 0.25) is 0 Å². The maximum Gasteiger partial charge on any atom is 0.197 e. The lowest BCUT2D eigenvalue weighted by molar-refractivity contribution is 1.16. The minimum absolute atomic E-state index is 0.423. The standard InChI is InChI=1S/C10H13N5/c1-2-12-9-5-7(3-4-13-9)8-6-14-10(11)15-8/h3-6H,2H2,1H3,(H,12,13)(H3,11,14,15). The fraction of sp³-hybridized carbons (Fsp3) is 0.200. The van der Waals surface area contributed by atoms with Crippen molar-refractivity contribution < 1.29 is 0 Å². The SMILES string of the molecule is CCNc1cc(-c2cnc(N)[nH]2)ccn1. The first-order valence-electron chi connectivity index (χ1n) is 4.80. The van der Waals surface area contributed by atoms with Crippen LogP contribution in [0.15, 0.2) is 24.5 Å². The summed E-state index contributed by atoms with van der Waals surface area (Å²) in [6.45, 7) is 2.88. The first kappa shape index (κ1) is 9.51. The Morgan fingerprint density at radius 3 is 3.00 bits per heavy atom. The van der Waals surface area contributed by atoms with Gasteiger partial charge in [-0.15, -0.1) is 0 Å². The summed E-state index contributed by atoms with van der Waals surface area (Å²) in [5.41, 5.74) is 7.43. The molecule has 0 fully saturated rings. The molecule has 2 aromatic heterocycles. The highest BCUT2D eigenvalue weighted by molar-refractivity contribution is 5.63. The molecular weight excluding hydrogens is 190 g/mol. The van der Waals surface area contributed by atoms with E-state index in [2.05, 4.69) is 20.3 Å². The Bertz CT molecular complexity index is 449. The minimum Gasteiger partial charge on any atom is -0.370 e. The van der Waals surface area contributed by atoms with Crippen LogP contribution in [0.5, 0.6) is 0 Å². The minimum atomic E-state index is 0.423. The number of aromatic amines is 1. The number of nitrogens with zero attached hydrogens (tertiary/aromatic N) is 2. The van der Waals surface area contributed by atoms with Crippen LogP contribution in [-0.4, -0.2) is 21.5 Å². The van der Waals surface area contributed by atoms with Gasteiger partial charge in [0.15, 0.2) is 5.95 Å². The Kier molecular flexibility index (Phi) is 2.53. The van der Waals surface area contributed by atoms with Gasteiger partial charge in [-0.2, -0.15) is 0 Å². The highest BCUT2D eigenvalue weighted by Crippen LogP contribution is 2.19. The van der Waals surface area contributed by atoms with Crippen LogP contribution < -0.4 is 11.1 Å². The lowest BCUT2D eigenvalue weighted by Gasteiger charge is -2.03. The molecule has 4 N–H and O–H groups in total. The third-order valence-corrected chi connectivity index (χ3v) is 2.02. The highest BCUT2D eigenvalue weighted by Gasteiger charge is 2.02. The molecule has 0 aliphatic heterocycles. The molecule has 0 atom stereocenters. The van der Waals surface area contributed by atoms with Crippen LogP contribution in [-0.2, 0) is 0 Å². The van der Waals surface area contributed by atoms with E-state index in [0.29, 0.717) is 5.95 Å². The Hall–Kier alpha value is -2.04. The number of H-pyrrole nitrogens is 1. The van der Waals surface area contributed by atoms with Crippen molar-refractivity contribution in [3.05, 3.63) is 24.5 Å². The van der Waals surface area contributed by atoms with Crippen molar-refractivity contribution in [1.29, 1.82) is 0 Å². The lowest BCUT2D eigenvalue weighted by atomic mass is 10.2. The zero-order valence-corrected chi connectivity index (χ0v) is 8.49. The van der Waals surface area contributed by atoms with Gasteiger partial charge in [-0.1, -0.05) is 0 Å². The maximum atomic E-state index is 5.51. The Balaban J connectivity index is 2.32. The van der Waals surface area contributed by atoms with E-state index in [9.17, 15) is 0 Å². The number of hydrogen-bond acceptors (Lipinski definition) is 4. The zero-order chi connectivity index (χ0) is 10.7. The monoisotopic (exact) mass is 203 g/mol. The Morgan fingerprint density at radius 1 is 1.47 bits per heavy atom. The second-order valence-electron chi connectivity index (χ2n) is 3.14. The molecule has 15 heavy (non-hydrogen) atoms. The van der Waals surface area contributed by atoms with Gasteiger partial charge in [0.2, 0.25) is 0 Å². The largest absolute Gasteiger partial charge is 0.370 e. The number of hydrogen-bond donors (Lipinski definition) is 3. The zero-order valence-electron chi connectivity index (χ0n) is 8.49. The first-order valence-corrected chi connectivity index (χ1v) is 4.80. The molecule has 0 aliphatic rings. The van der Waals surface area contributed by atoms with Crippen molar-refractivity contribution in [2.24, 2.45) is 0 Å². The normalized spacial score (nSPS) is 10.2. The highest BCUT2D eigenvalue weighted by atomic mass is 15.0. The van der Waals surface area contributed by atoms with E-state index in [1.807, 2.05) is 19.1 Å². The van der Waals surface area contributed by atoms with E-state index in [4.69, 9.17) is 5.73 Å². The number of pyridine rings is 1. The molecule has 0 spiro atoms. The third-order valence-electron chi connectivity index (χ3n) is 2.02. The Labute approximate surface area is 87.8 Å². The van der Waals surface area contributed by atoms with Gasteiger partial charge in [0.05, 0.1) is 11.9 Å². The van der Waals surface area contributed by atoms with Crippen molar-refractivity contribution in [2.75, 3.05) is 17.6 Å². The van der Waals surface area contributed by atoms with E-state index >= 15 is 0 Å². The molecule has 0 aromatic carbocycles. The molecule has 78 valence electrons. The van der Waals surface area contributed by atoms with Crippen molar-refractivity contribution in [3.8, 4) is 11.3 Å². The molecular formula is C10H13N5. The quantitative estimate of drug-likeness (QED) is 0.706. The van der Waals surface area contributed by atoms with Crippen molar-refractivity contribution in [1.82, 2.24) is 15.0 Å². The second kappa shape index (κ2) is 4.00. The van der Waals surface area contributed by atoms with Crippen LogP contribution in [0.4, 0.5) is 11.8 Å². The predicted octanol–water partition coefficient (Wildman–Crippen LogP) is 1.49. The molecule has 0 unspecified atom stereocenters.